The van der Waals surface area contributed by atoms with Gasteiger partial charge in [0.25, 0.3) is 0 Å². The van der Waals surface area contributed by atoms with E-state index in [2.05, 4.69) is 14.7 Å². The van der Waals surface area contributed by atoms with Crippen molar-refractivity contribution in [3.05, 3.63) is 10.8 Å². The molecular formula is C10H12N4O3S. The molecule has 3 N–H and O–H groups in total. The Morgan fingerprint density at radius 1 is 1.72 bits per heavy atom. The predicted octanol–water partition coefficient (Wildman–Crippen LogP) is 0.247. The molecule has 1 aliphatic rings. The smallest absolute Gasteiger partial charge is 0.311 e. The highest BCUT2D eigenvalue weighted by Crippen LogP contribution is 2.24. The molecule has 1 aliphatic heterocycles. The summed E-state index contributed by atoms with van der Waals surface area (Å²) in [5.41, 5.74) is 5.60. The van der Waals surface area contributed by atoms with Gasteiger partial charge in [0.05, 0.1) is 13.0 Å². The molecule has 1 aromatic heterocycles. The van der Waals surface area contributed by atoms with Gasteiger partial charge in [-0.15, -0.1) is 0 Å². The van der Waals surface area contributed by atoms with E-state index < -0.39 is 11.9 Å². The fourth-order valence-electron chi connectivity index (χ4n) is 1.85. The van der Waals surface area contributed by atoms with Gasteiger partial charge < -0.3 is 15.5 Å². The van der Waals surface area contributed by atoms with E-state index in [1.54, 1.807) is 0 Å². The lowest BCUT2D eigenvalue weighted by molar-refractivity contribution is -0.145. The van der Waals surface area contributed by atoms with Crippen LogP contribution in [0.15, 0.2) is 6.07 Å². The molecule has 1 unspecified atom stereocenters. The topological polar surface area (TPSA) is 101 Å². The zero-order chi connectivity index (χ0) is 13.3. The van der Waals surface area contributed by atoms with Crippen molar-refractivity contribution in [2.45, 2.75) is 6.42 Å². The van der Waals surface area contributed by atoms with E-state index in [-0.39, 0.29) is 23.6 Å². The molecular weight excluding hydrogens is 256 g/mol. The first-order valence-corrected chi connectivity index (χ1v) is 5.67. The van der Waals surface area contributed by atoms with E-state index in [0.29, 0.717) is 11.6 Å². The SMILES string of the molecule is COC(=O)C1CC(=O)N(c2cc(N)[nH]c(=S)n2)C1. The molecule has 0 spiro atoms. The summed E-state index contributed by atoms with van der Waals surface area (Å²) in [4.78, 5) is 31.3. The minimum atomic E-state index is -0.469. The molecule has 96 valence electrons. The molecule has 0 saturated carbocycles. The summed E-state index contributed by atoms with van der Waals surface area (Å²) in [5.74, 6) is -0.395. The van der Waals surface area contributed by atoms with E-state index in [9.17, 15) is 9.59 Å². The molecule has 1 fully saturated rings. The van der Waals surface area contributed by atoms with Crippen LogP contribution < -0.4 is 10.6 Å². The Hall–Kier alpha value is -1.96. The van der Waals surface area contributed by atoms with E-state index in [1.807, 2.05) is 0 Å². The van der Waals surface area contributed by atoms with Crippen LogP contribution in [0.5, 0.6) is 0 Å². The number of nitrogens with zero attached hydrogens (tertiary/aromatic N) is 2. The number of nitrogens with one attached hydrogen (secondary N) is 1. The summed E-state index contributed by atoms with van der Waals surface area (Å²) in [5, 5.41) is 0. The summed E-state index contributed by atoms with van der Waals surface area (Å²) in [6.45, 7) is 0.233. The fourth-order valence-corrected chi connectivity index (χ4v) is 2.07. The molecule has 0 aliphatic carbocycles. The number of aromatic nitrogens is 2. The zero-order valence-electron chi connectivity index (χ0n) is 9.67. The second-order valence-corrected chi connectivity index (χ2v) is 4.32. The molecule has 0 aromatic carbocycles. The summed E-state index contributed by atoms with van der Waals surface area (Å²) >= 11 is 4.89. The third-order valence-electron chi connectivity index (χ3n) is 2.69. The quantitative estimate of drug-likeness (QED) is 0.589. The van der Waals surface area contributed by atoms with Gasteiger partial charge in [-0.25, -0.2) is 4.98 Å². The van der Waals surface area contributed by atoms with Gasteiger partial charge in [0.2, 0.25) is 5.91 Å². The zero-order valence-corrected chi connectivity index (χ0v) is 10.5. The van der Waals surface area contributed by atoms with Crippen LogP contribution in [0.4, 0.5) is 11.6 Å². The van der Waals surface area contributed by atoms with Crippen LogP contribution in [0.3, 0.4) is 0 Å². The number of ether oxygens (including phenoxy) is 1. The normalized spacial score (nSPS) is 19.1. The maximum Gasteiger partial charge on any atom is 0.311 e. The first-order chi connectivity index (χ1) is 8.51. The van der Waals surface area contributed by atoms with Crippen LogP contribution in [0.2, 0.25) is 0 Å². The number of hydrogen-bond donors (Lipinski definition) is 2. The maximum atomic E-state index is 11.8. The molecule has 2 rings (SSSR count). The van der Waals surface area contributed by atoms with Crippen LogP contribution >= 0.6 is 12.2 Å². The Balaban J connectivity index is 2.27. The van der Waals surface area contributed by atoms with Crippen molar-refractivity contribution in [2.75, 3.05) is 24.3 Å². The molecule has 18 heavy (non-hydrogen) atoms. The average molecular weight is 268 g/mol. The van der Waals surface area contributed by atoms with Gasteiger partial charge in [0, 0.05) is 19.0 Å². The van der Waals surface area contributed by atoms with Crippen molar-refractivity contribution in [3.8, 4) is 0 Å². The molecule has 1 atom stereocenters. The highest BCUT2D eigenvalue weighted by Gasteiger charge is 2.36. The average Bonchev–Trinajstić information content (AvgIpc) is 2.69. The van der Waals surface area contributed by atoms with Crippen molar-refractivity contribution >= 4 is 35.7 Å². The largest absolute Gasteiger partial charge is 0.469 e. The second-order valence-electron chi connectivity index (χ2n) is 3.93. The number of amides is 1. The molecule has 0 radical (unpaired) electrons. The summed E-state index contributed by atoms with van der Waals surface area (Å²) in [7, 11) is 1.30. The minimum absolute atomic E-state index is 0.111. The fraction of sp³-hybridized carbons (Fsp3) is 0.400. The molecule has 8 heteroatoms. The second kappa shape index (κ2) is 4.73. The van der Waals surface area contributed by atoms with Gasteiger partial charge in [-0.05, 0) is 12.2 Å². The molecule has 1 saturated heterocycles. The molecule has 1 aromatic rings. The number of methoxy groups -OCH3 is 1. The number of carbonyl (C=O) groups excluding carboxylic acids is 2. The van der Waals surface area contributed by atoms with Gasteiger partial charge in [-0.2, -0.15) is 0 Å². The highest BCUT2D eigenvalue weighted by molar-refractivity contribution is 7.71. The number of nitrogens with two attached hydrogens (primary N) is 1. The number of hydrogen-bond acceptors (Lipinski definition) is 6. The molecule has 7 nitrogen and oxygen atoms in total. The Kier molecular flexibility index (Phi) is 3.28. The summed E-state index contributed by atoms with van der Waals surface area (Å²) < 4.78 is 4.82. The van der Waals surface area contributed by atoms with Gasteiger partial charge in [0.1, 0.15) is 11.6 Å². The highest BCUT2D eigenvalue weighted by atomic mass is 32.1. The lowest BCUT2D eigenvalue weighted by atomic mass is 10.1. The first kappa shape index (κ1) is 12.5. The van der Waals surface area contributed by atoms with Gasteiger partial charge in [-0.1, -0.05) is 0 Å². The van der Waals surface area contributed by atoms with Crippen molar-refractivity contribution < 1.29 is 14.3 Å². The third-order valence-corrected chi connectivity index (χ3v) is 2.88. The summed E-state index contributed by atoms with van der Waals surface area (Å²) in [6, 6.07) is 1.51. The minimum Gasteiger partial charge on any atom is -0.469 e. The number of anilines is 2. The number of carbonyl (C=O) groups is 2. The van der Waals surface area contributed by atoms with Crippen LogP contribution in [0, 0.1) is 10.7 Å². The summed E-state index contributed by atoms with van der Waals surface area (Å²) in [6.07, 6.45) is 0.111. The van der Waals surface area contributed by atoms with Crippen LogP contribution in [-0.2, 0) is 14.3 Å². The molecule has 2 heterocycles. The van der Waals surface area contributed by atoms with Crippen molar-refractivity contribution in [2.24, 2.45) is 5.92 Å². The van der Waals surface area contributed by atoms with E-state index in [4.69, 9.17) is 18.0 Å². The van der Waals surface area contributed by atoms with Gasteiger partial charge in [-0.3, -0.25) is 14.5 Å². The Labute approximate surface area is 108 Å². The Morgan fingerprint density at radius 2 is 2.44 bits per heavy atom. The first-order valence-electron chi connectivity index (χ1n) is 5.26. The number of esters is 1. The van der Waals surface area contributed by atoms with Crippen LogP contribution in [0.1, 0.15) is 6.42 Å². The van der Waals surface area contributed by atoms with Crippen LogP contribution in [-0.4, -0.2) is 35.5 Å². The number of rotatable bonds is 2. The van der Waals surface area contributed by atoms with E-state index >= 15 is 0 Å². The van der Waals surface area contributed by atoms with Crippen molar-refractivity contribution in [3.63, 3.8) is 0 Å². The Morgan fingerprint density at radius 3 is 3.06 bits per heavy atom. The standard InChI is InChI=1S/C10H12N4O3S/c1-17-9(16)5-2-8(15)14(4-5)7-3-6(11)12-10(18)13-7/h3,5H,2,4H2,1H3,(H3,11,12,13,18). The lowest BCUT2D eigenvalue weighted by Gasteiger charge is -2.15. The maximum absolute atomic E-state index is 11.8. The third kappa shape index (κ3) is 2.33. The van der Waals surface area contributed by atoms with E-state index in [1.165, 1.54) is 18.1 Å². The van der Waals surface area contributed by atoms with Crippen molar-refractivity contribution in [1.82, 2.24) is 9.97 Å². The number of nitrogen functional groups attached to an aromatic ring is 1. The van der Waals surface area contributed by atoms with Crippen molar-refractivity contribution in [1.29, 1.82) is 0 Å². The number of aromatic amines is 1. The predicted molar refractivity (Wildman–Crippen MR) is 66.3 cm³/mol. The lowest BCUT2D eigenvalue weighted by Crippen LogP contribution is -2.27. The monoisotopic (exact) mass is 268 g/mol. The Bertz CT molecular complexity index is 556. The van der Waals surface area contributed by atoms with Gasteiger partial charge in [0.15, 0.2) is 4.77 Å². The van der Waals surface area contributed by atoms with Crippen LogP contribution in [0.25, 0.3) is 0 Å². The van der Waals surface area contributed by atoms with E-state index in [0.717, 1.165) is 0 Å². The molecule has 1 amide bonds. The van der Waals surface area contributed by atoms with Gasteiger partial charge >= 0.3 is 5.97 Å². The number of H-pyrrole nitrogens is 1. The molecule has 0 bridgehead atoms.